The maximum absolute atomic E-state index is 12.0. The van der Waals surface area contributed by atoms with Crippen LogP contribution >= 0.6 is 12.4 Å². The molecule has 0 bridgehead atoms. The molecule has 1 fully saturated rings. The van der Waals surface area contributed by atoms with Crippen molar-refractivity contribution in [1.82, 2.24) is 5.32 Å². The van der Waals surface area contributed by atoms with Gasteiger partial charge in [0.1, 0.15) is 5.75 Å². The monoisotopic (exact) mass is 284 g/mol. The normalized spacial score (nSPS) is 17.6. The van der Waals surface area contributed by atoms with Crippen molar-refractivity contribution in [1.29, 1.82) is 0 Å². The SMILES string of the molecule is COc1ccc(C(C)NC(=O)C2(N)CCC2)cc1.Cl. The largest absolute Gasteiger partial charge is 0.497 e. The van der Waals surface area contributed by atoms with Crippen molar-refractivity contribution < 1.29 is 9.53 Å². The highest BCUT2D eigenvalue weighted by Crippen LogP contribution is 2.30. The van der Waals surface area contributed by atoms with E-state index < -0.39 is 5.54 Å². The highest BCUT2D eigenvalue weighted by atomic mass is 35.5. The summed E-state index contributed by atoms with van der Waals surface area (Å²) in [5.74, 6) is 0.767. The minimum Gasteiger partial charge on any atom is -0.497 e. The number of carbonyl (C=O) groups excluding carboxylic acids is 1. The lowest BCUT2D eigenvalue weighted by atomic mass is 9.77. The average molecular weight is 285 g/mol. The van der Waals surface area contributed by atoms with Gasteiger partial charge in [-0.2, -0.15) is 0 Å². The molecule has 1 aliphatic carbocycles. The van der Waals surface area contributed by atoms with Crippen LogP contribution in [0, 0.1) is 0 Å². The Hall–Kier alpha value is -1.26. The topological polar surface area (TPSA) is 64.3 Å². The molecular weight excluding hydrogens is 264 g/mol. The maximum atomic E-state index is 12.0. The molecule has 1 atom stereocenters. The number of ether oxygens (including phenoxy) is 1. The molecule has 1 aromatic carbocycles. The van der Waals surface area contributed by atoms with Gasteiger partial charge in [0.25, 0.3) is 0 Å². The minimum atomic E-state index is -0.638. The van der Waals surface area contributed by atoms with Gasteiger partial charge in [0.2, 0.25) is 5.91 Å². The van der Waals surface area contributed by atoms with Gasteiger partial charge >= 0.3 is 0 Å². The Morgan fingerprint density at radius 2 is 1.95 bits per heavy atom. The van der Waals surface area contributed by atoms with Crippen LogP contribution in [0.5, 0.6) is 5.75 Å². The molecule has 1 unspecified atom stereocenters. The second-order valence-corrected chi connectivity index (χ2v) is 4.98. The summed E-state index contributed by atoms with van der Waals surface area (Å²) in [5.41, 5.74) is 6.40. The highest BCUT2D eigenvalue weighted by Gasteiger charge is 2.40. The third-order valence-corrected chi connectivity index (χ3v) is 3.66. The van der Waals surface area contributed by atoms with E-state index in [1.54, 1.807) is 7.11 Å². The summed E-state index contributed by atoms with van der Waals surface area (Å²) in [6.45, 7) is 1.96. The third-order valence-electron chi connectivity index (χ3n) is 3.66. The summed E-state index contributed by atoms with van der Waals surface area (Å²) in [6, 6.07) is 7.64. The molecule has 106 valence electrons. The zero-order valence-electron chi connectivity index (χ0n) is 11.3. The van der Waals surface area contributed by atoms with E-state index in [4.69, 9.17) is 10.5 Å². The summed E-state index contributed by atoms with van der Waals surface area (Å²) in [7, 11) is 1.63. The molecule has 0 spiro atoms. The van der Waals surface area contributed by atoms with Crippen LogP contribution in [0.25, 0.3) is 0 Å². The van der Waals surface area contributed by atoms with Crippen LogP contribution in [0.1, 0.15) is 37.8 Å². The van der Waals surface area contributed by atoms with Gasteiger partial charge in [0.05, 0.1) is 18.7 Å². The quantitative estimate of drug-likeness (QED) is 0.891. The Kier molecular flexibility index (Phi) is 5.20. The predicted molar refractivity (Wildman–Crippen MR) is 77.6 cm³/mol. The van der Waals surface area contributed by atoms with E-state index in [0.29, 0.717) is 0 Å². The van der Waals surface area contributed by atoms with E-state index in [-0.39, 0.29) is 24.4 Å². The molecule has 1 saturated carbocycles. The Balaban J connectivity index is 0.00000180. The lowest BCUT2D eigenvalue weighted by Gasteiger charge is -2.37. The van der Waals surface area contributed by atoms with Crippen LogP contribution in [0.2, 0.25) is 0 Å². The number of benzene rings is 1. The number of nitrogens with one attached hydrogen (secondary N) is 1. The zero-order valence-corrected chi connectivity index (χ0v) is 12.1. The Labute approximate surface area is 120 Å². The van der Waals surface area contributed by atoms with Gasteiger partial charge in [-0.25, -0.2) is 0 Å². The predicted octanol–water partition coefficient (Wildman–Crippen LogP) is 2.18. The molecule has 0 saturated heterocycles. The van der Waals surface area contributed by atoms with E-state index >= 15 is 0 Å². The molecule has 19 heavy (non-hydrogen) atoms. The molecule has 5 heteroatoms. The van der Waals surface area contributed by atoms with E-state index in [1.165, 1.54) is 0 Å². The van der Waals surface area contributed by atoms with Crippen LogP contribution < -0.4 is 15.8 Å². The van der Waals surface area contributed by atoms with Gasteiger partial charge in [-0.3, -0.25) is 4.79 Å². The second-order valence-electron chi connectivity index (χ2n) is 4.98. The summed E-state index contributed by atoms with van der Waals surface area (Å²) in [4.78, 5) is 12.0. The van der Waals surface area contributed by atoms with Crippen LogP contribution in [-0.2, 0) is 4.79 Å². The van der Waals surface area contributed by atoms with Crippen molar-refractivity contribution in [3.8, 4) is 5.75 Å². The van der Waals surface area contributed by atoms with Gasteiger partial charge in [-0.15, -0.1) is 12.4 Å². The summed E-state index contributed by atoms with van der Waals surface area (Å²) in [6.07, 6.45) is 2.61. The Morgan fingerprint density at radius 3 is 2.37 bits per heavy atom. The number of nitrogens with two attached hydrogens (primary N) is 1. The van der Waals surface area contributed by atoms with E-state index in [1.807, 2.05) is 31.2 Å². The van der Waals surface area contributed by atoms with Crippen molar-refractivity contribution in [3.05, 3.63) is 29.8 Å². The first kappa shape index (κ1) is 15.8. The molecule has 2 rings (SSSR count). The van der Waals surface area contributed by atoms with Crippen LogP contribution in [0.3, 0.4) is 0 Å². The lowest BCUT2D eigenvalue weighted by Crippen LogP contribution is -2.58. The Morgan fingerprint density at radius 1 is 1.37 bits per heavy atom. The molecular formula is C14H21ClN2O2. The van der Waals surface area contributed by atoms with Crippen molar-refractivity contribution >= 4 is 18.3 Å². The van der Waals surface area contributed by atoms with Gasteiger partial charge in [-0.05, 0) is 43.9 Å². The smallest absolute Gasteiger partial charge is 0.240 e. The van der Waals surface area contributed by atoms with Crippen molar-refractivity contribution in [2.24, 2.45) is 5.73 Å². The fraction of sp³-hybridized carbons (Fsp3) is 0.500. The molecule has 4 nitrogen and oxygen atoms in total. The van der Waals surface area contributed by atoms with Gasteiger partial charge in [0, 0.05) is 0 Å². The molecule has 0 aromatic heterocycles. The van der Waals surface area contributed by atoms with Crippen LogP contribution in [0.4, 0.5) is 0 Å². The highest BCUT2D eigenvalue weighted by molar-refractivity contribution is 5.87. The first-order valence-corrected chi connectivity index (χ1v) is 6.29. The summed E-state index contributed by atoms with van der Waals surface area (Å²) >= 11 is 0. The fourth-order valence-electron chi connectivity index (χ4n) is 2.10. The second kappa shape index (κ2) is 6.26. The molecule has 0 radical (unpaired) electrons. The number of amides is 1. The third kappa shape index (κ3) is 3.39. The first-order chi connectivity index (χ1) is 8.55. The van der Waals surface area contributed by atoms with Crippen molar-refractivity contribution in [2.45, 2.75) is 37.8 Å². The number of hydrogen-bond donors (Lipinski definition) is 2. The maximum Gasteiger partial charge on any atom is 0.240 e. The fourth-order valence-corrected chi connectivity index (χ4v) is 2.10. The molecule has 1 amide bonds. The Bertz CT molecular complexity index is 430. The minimum absolute atomic E-state index is 0. The summed E-state index contributed by atoms with van der Waals surface area (Å²) in [5, 5.41) is 2.97. The number of halogens is 1. The molecule has 0 aliphatic heterocycles. The molecule has 0 heterocycles. The van der Waals surface area contributed by atoms with Gasteiger partial charge in [0.15, 0.2) is 0 Å². The lowest BCUT2D eigenvalue weighted by molar-refractivity contribution is -0.129. The van der Waals surface area contributed by atoms with Gasteiger partial charge < -0.3 is 15.8 Å². The number of methoxy groups -OCH3 is 1. The van der Waals surface area contributed by atoms with Gasteiger partial charge in [-0.1, -0.05) is 12.1 Å². The first-order valence-electron chi connectivity index (χ1n) is 6.29. The van der Waals surface area contributed by atoms with Crippen LogP contribution in [-0.4, -0.2) is 18.6 Å². The van der Waals surface area contributed by atoms with Crippen molar-refractivity contribution in [2.75, 3.05) is 7.11 Å². The average Bonchev–Trinajstić information content (AvgIpc) is 2.35. The van der Waals surface area contributed by atoms with E-state index in [2.05, 4.69) is 5.32 Å². The number of hydrogen-bond acceptors (Lipinski definition) is 3. The molecule has 1 aliphatic rings. The zero-order chi connectivity index (χ0) is 13.2. The number of rotatable bonds is 4. The molecule has 3 N–H and O–H groups in total. The summed E-state index contributed by atoms with van der Waals surface area (Å²) < 4.78 is 5.10. The standard InChI is InChI=1S/C14H20N2O2.ClH/c1-10(11-4-6-12(18-2)7-5-11)16-13(17)14(15)8-3-9-14;/h4-7,10H,3,8-9,15H2,1-2H3,(H,16,17);1H. The van der Waals surface area contributed by atoms with E-state index in [0.717, 1.165) is 30.6 Å². The molecule has 1 aromatic rings. The van der Waals surface area contributed by atoms with E-state index in [9.17, 15) is 4.79 Å². The number of carbonyl (C=O) groups is 1. The van der Waals surface area contributed by atoms with Crippen molar-refractivity contribution in [3.63, 3.8) is 0 Å². The van der Waals surface area contributed by atoms with Crippen LogP contribution in [0.15, 0.2) is 24.3 Å².